The van der Waals surface area contributed by atoms with Gasteiger partial charge in [-0.2, -0.15) is 0 Å². The van der Waals surface area contributed by atoms with Gasteiger partial charge in [-0.3, -0.25) is 0 Å². The second kappa shape index (κ2) is 6.44. The van der Waals surface area contributed by atoms with Crippen molar-refractivity contribution in [1.82, 2.24) is 30.2 Å². The molecule has 0 amide bonds. The monoisotopic (exact) mass is 367 g/mol. The molecular weight excluding hydrogens is 346 g/mol. The fraction of sp³-hybridized carbons (Fsp3) is 0.389. The zero-order valence-corrected chi connectivity index (χ0v) is 15.4. The summed E-state index contributed by atoms with van der Waals surface area (Å²) >= 11 is 1.86. The number of thioether (sulfide) groups is 1. The van der Waals surface area contributed by atoms with Crippen molar-refractivity contribution in [3.05, 3.63) is 42.0 Å². The Morgan fingerprint density at radius 1 is 1.27 bits per heavy atom. The molecule has 3 aromatic heterocycles. The maximum absolute atomic E-state index is 4.61. The van der Waals surface area contributed by atoms with Gasteiger partial charge in [0.25, 0.3) is 0 Å². The number of nitrogens with one attached hydrogen (secondary N) is 3. The minimum Gasteiger partial charge on any atom is -0.346 e. The molecule has 26 heavy (non-hydrogen) atoms. The van der Waals surface area contributed by atoms with Crippen molar-refractivity contribution in [2.75, 3.05) is 23.7 Å². The Kier molecular flexibility index (Phi) is 3.94. The predicted octanol–water partition coefficient (Wildman–Crippen LogP) is 2.97. The third kappa shape index (κ3) is 2.69. The van der Waals surface area contributed by atoms with E-state index in [-0.39, 0.29) is 0 Å². The minimum absolute atomic E-state index is 0.359. The van der Waals surface area contributed by atoms with E-state index in [0.717, 1.165) is 53.6 Å². The highest BCUT2D eigenvalue weighted by molar-refractivity contribution is 8.08. The summed E-state index contributed by atoms with van der Waals surface area (Å²) < 4.78 is 0. The summed E-state index contributed by atoms with van der Waals surface area (Å²) in [4.78, 5) is 23.7. The van der Waals surface area contributed by atoms with E-state index >= 15 is 0 Å². The fourth-order valence-electron chi connectivity index (χ4n) is 3.68. The number of rotatable bonds is 3. The Morgan fingerprint density at radius 2 is 2.23 bits per heavy atom. The average Bonchev–Trinajstić information content (AvgIpc) is 3.42. The Balaban J connectivity index is 1.49. The SMILES string of the molecule is Cc1c[nH]c2ncnc(N3C=C(c4cnc([C@H]5CCCN5)[nH]4)SCC3)c12. The lowest BCUT2D eigenvalue weighted by atomic mass is 10.2. The lowest BCUT2D eigenvalue weighted by Gasteiger charge is -2.25. The van der Waals surface area contributed by atoms with E-state index < -0.39 is 0 Å². The number of hydrogen-bond donors (Lipinski definition) is 3. The molecule has 0 unspecified atom stereocenters. The van der Waals surface area contributed by atoms with E-state index in [1.807, 2.05) is 24.2 Å². The molecule has 2 aliphatic rings. The highest BCUT2D eigenvalue weighted by Crippen LogP contribution is 2.35. The van der Waals surface area contributed by atoms with Gasteiger partial charge in [-0.1, -0.05) is 0 Å². The lowest BCUT2D eigenvalue weighted by molar-refractivity contribution is 0.612. The number of H-pyrrole nitrogens is 2. The Bertz CT molecular complexity index is 967. The average molecular weight is 367 g/mol. The van der Waals surface area contributed by atoms with Crippen LogP contribution in [0.3, 0.4) is 0 Å². The van der Waals surface area contributed by atoms with Crippen molar-refractivity contribution in [2.45, 2.75) is 25.8 Å². The molecule has 5 rings (SSSR count). The number of aryl methyl sites for hydroxylation is 1. The molecule has 3 N–H and O–H groups in total. The number of fused-ring (bicyclic) bond motifs is 1. The predicted molar refractivity (Wildman–Crippen MR) is 105 cm³/mol. The minimum atomic E-state index is 0.359. The molecule has 5 heterocycles. The van der Waals surface area contributed by atoms with Crippen LogP contribution in [0.4, 0.5) is 5.82 Å². The standard InChI is InChI=1S/C18H21N7S/c1-11-7-20-17-15(11)18(23-10-22-17)25-5-6-26-14(9-25)13-8-21-16(24-13)12-3-2-4-19-12/h7-10,12,19H,2-6H2,1H3,(H,21,24)(H,20,22,23)/t12-/m1/s1. The summed E-state index contributed by atoms with van der Waals surface area (Å²) in [5.41, 5.74) is 3.14. The summed E-state index contributed by atoms with van der Waals surface area (Å²) in [6.45, 7) is 4.09. The first kappa shape index (κ1) is 15.9. The summed E-state index contributed by atoms with van der Waals surface area (Å²) in [6, 6.07) is 0.359. The van der Waals surface area contributed by atoms with Crippen LogP contribution in [0.1, 0.15) is 36.0 Å². The van der Waals surface area contributed by atoms with Gasteiger partial charge >= 0.3 is 0 Å². The quantitative estimate of drug-likeness (QED) is 0.660. The second-order valence-electron chi connectivity index (χ2n) is 6.76. The smallest absolute Gasteiger partial charge is 0.145 e. The molecule has 0 aromatic carbocycles. The van der Waals surface area contributed by atoms with E-state index in [1.165, 1.54) is 16.9 Å². The molecule has 0 radical (unpaired) electrons. The number of imidazole rings is 1. The summed E-state index contributed by atoms with van der Waals surface area (Å²) in [5.74, 6) is 3.02. The first-order valence-electron chi connectivity index (χ1n) is 8.98. The zero-order chi connectivity index (χ0) is 17.5. The van der Waals surface area contributed by atoms with Crippen LogP contribution in [-0.4, -0.2) is 43.8 Å². The first-order valence-corrected chi connectivity index (χ1v) is 9.97. The third-order valence-corrected chi connectivity index (χ3v) is 6.06. The van der Waals surface area contributed by atoms with Crippen LogP contribution in [0.25, 0.3) is 15.9 Å². The van der Waals surface area contributed by atoms with Gasteiger partial charge < -0.3 is 20.2 Å². The van der Waals surface area contributed by atoms with Crippen molar-refractivity contribution >= 4 is 33.5 Å². The molecule has 1 atom stereocenters. The van der Waals surface area contributed by atoms with Gasteiger partial charge in [0.2, 0.25) is 0 Å². The molecule has 7 nitrogen and oxygen atoms in total. The van der Waals surface area contributed by atoms with Gasteiger partial charge in [0.1, 0.15) is 23.6 Å². The molecule has 3 aromatic rings. The number of aromatic amines is 2. The van der Waals surface area contributed by atoms with E-state index in [2.05, 4.69) is 48.3 Å². The first-order chi connectivity index (χ1) is 12.8. The van der Waals surface area contributed by atoms with Crippen LogP contribution >= 0.6 is 11.8 Å². The molecule has 0 aliphatic carbocycles. The molecule has 1 fully saturated rings. The number of aromatic nitrogens is 5. The van der Waals surface area contributed by atoms with Gasteiger partial charge in [0.05, 0.1) is 23.3 Å². The summed E-state index contributed by atoms with van der Waals surface area (Å²) in [5, 5.41) is 4.59. The van der Waals surface area contributed by atoms with Gasteiger partial charge in [0.15, 0.2) is 0 Å². The van der Waals surface area contributed by atoms with Crippen LogP contribution < -0.4 is 10.2 Å². The molecule has 0 spiro atoms. The number of hydrogen-bond acceptors (Lipinski definition) is 6. The van der Waals surface area contributed by atoms with Crippen molar-refractivity contribution in [1.29, 1.82) is 0 Å². The largest absolute Gasteiger partial charge is 0.346 e. The Hall–Kier alpha value is -2.32. The highest BCUT2D eigenvalue weighted by Gasteiger charge is 2.22. The van der Waals surface area contributed by atoms with E-state index in [1.54, 1.807) is 6.33 Å². The topological polar surface area (TPSA) is 85.5 Å². The highest BCUT2D eigenvalue weighted by atomic mass is 32.2. The Morgan fingerprint density at radius 3 is 3.12 bits per heavy atom. The molecule has 2 aliphatic heterocycles. The van der Waals surface area contributed by atoms with Crippen molar-refractivity contribution in [3.63, 3.8) is 0 Å². The summed E-state index contributed by atoms with van der Waals surface area (Å²) in [7, 11) is 0. The van der Waals surface area contributed by atoms with Gasteiger partial charge in [0, 0.05) is 29.6 Å². The normalized spacial score (nSPS) is 20.7. The van der Waals surface area contributed by atoms with Crippen molar-refractivity contribution in [2.24, 2.45) is 0 Å². The lowest BCUT2D eigenvalue weighted by Crippen LogP contribution is -2.24. The van der Waals surface area contributed by atoms with E-state index in [9.17, 15) is 0 Å². The molecular formula is C18H21N7S. The molecule has 134 valence electrons. The zero-order valence-electron chi connectivity index (χ0n) is 14.6. The van der Waals surface area contributed by atoms with Gasteiger partial charge in [-0.05, 0) is 31.9 Å². The van der Waals surface area contributed by atoms with Crippen LogP contribution in [0.5, 0.6) is 0 Å². The maximum Gasteiger partial charge on any atom is 0.145 e. The van der Waals surface area contributed by atoms with E-state index in [0.29, 0.717) is 6.04 Å². The van der Waals surface area contributed by atoms with Crippen molar-refractivity contribution in [3.8, 4) is 0 Å². The molecule has 1 saturated heterocycles. The summed E-state index contributed by atoms with van der Waals surface area (Å²) in [6.07, 6.45) is 10.1. The number of nitrogens with zero attached hydrogens (tertiary/aromatic N) is 4. The van der Waals surface area contributed by atoms with Gasteiger partial charge in [-0.15, -0.1) is 11.8 Å². The Labute approximate surface area is 155 Å². The fourth-order valence-corrected chi connectivity index (χ4v) is 4.65. The number of anilines is 1. The van der Waals surface area contributed by atoms with Crippen LogP contribution in [0.15, 0.2) is 24.9 Å². The van der Waals surface area contributed by atoms with Crippen molar-refractivity contribution < 1.29 is 0 Å². The molecule has 8 heteroatoms. The second-order valence-corrected chi connectivity index (χ2v) is 7.90. The molecule has 0 saturated carbocycles. The van der Waals surface area contributed by atoms with Gasteiger partial charge in [-0.25, -0.2) is 15.0 Å². The molecule has 0 bridgehead atoms. The van der Waals surface area contributed by atoms with Crippen LogP contribution in [0.2, 0.25) is 0 Å². The van der Waals surface area contributed by atoms with Crippen LogP contribution in [0, 0.1) is 6.92 Å². The third-order valence-electron chi connectivity index (χ3n) is 5.03. The maximum atomic E-state index is 4.61. The van der Waals surface area contributed by atoms with Crippen LogP contribution in [-0.2, 0) is 0 Å². The van der Waals surface area contributed by atoms with E-state index in [4.69, 9.17) is 0 Å².